The number of carbonyl (C=O) groups excluding carboxylic acids is 3. The second-order valence-electron chi connectivity index (χ2n) is 6.85. The lowest BCUT2D eigenvalue weighted by Crippen LogP contribution is -2.54. The summed E-state index contributed by atoms with van der Waals surface area (Å²) >= 11 is 1.53. The van der Waals surface area contributed by atoms with Gasteiger partial charge in [0.2, 0.25) is 5.91 Å². The van der Waals surface area contributed by atoms with Crippen LogP contribution in [0.15, 0.2) is 17.5 Å². The van der Waals surface area contributed by atoms with Gasteiger partial charge in [-0.15, -0.1) is 11.3 Å². The van der Waals surface area contributed by atoms with Crippen LogP contribution in [0.1, 0.15) is 46.0 Å². The molecule has 1 saturated heterocycles. The van der Waals surface area contributed by atoms with Gasteiger partial charge in [0.15, 0.2) is 5.78 Å². The summed E-state index contributed by atoms with van der Waals surface area (Å²) in [6, 6.07) is 3.37. The molecule has 7 nitrogen and oxygen atoms in total. The molecule has 3 rings (SSSR count). The second-order valence-corrected chi connectivity index (χ2v) is 7.78. The molecular formula is C20H25N3O4S. The number of ketones is 1. The van der Waals surface area contributed by atoms with Gasteiger partial charge in [-0.05, 0) is 50.8 Å². The fraction of sp³-hybridized carbons (Fsp3) is 0.450. The van der Waals surface area contributed by atoms with Crippen LogP contribution in [0.5, 0.6) is 0 Å². The van der Waals surface area contributed by atoms with Crippen LogP contribution in [0.4, 0.5) is 5.00 Å². The van der Waals surface area contributed by atoms with E-state index in [0.29, 0.717) is 35.6 Å². The molecule has 0 saturated carbocycles. The molecule has 1 aliphatic heterocycles. The molecule has 1 N–H and O–H groups in total. The standard InChI is InChI=1S/C20H25N3O4S/c1-5-27-20(26)17-12(2)18(21-13(17)3)19(25)14(4)22-8-9-23(15(24)11-22)16-7-6-10-28-16/h6-7,10,14,21H,5,8-9,11H2,1-4H3. The van der Waals surface area contributed by atoms with Crippen LogP contribution in [-0.4, -0.2) is 59.8 Å². The van der Waals surface area contributed by atoms with Gasteiger partial charge in [0.1, 0.15) is 0 Å². The van der Waals surface area contributed by atoms with E-state index in [2.05, 4.69) is 4.98 Å². The first-order valence-corrected chi connectivity index (χ1v) is 10.2. The van der Waals surface area contributed by atoms with Crippen molar-refractivity contribution in [3.63, 3.8) is 0 Å². The van der Waals surface area contributed by atoms with Crippen LogP contribution >= 0.6 is 11.3 Å². The Kier molecular flexibility index (Phi) is 6.00. The molecule has 0 spiro atoms. The molecule has 28 heavy (non-hydrogen) atoms. The molecule has 1 amide bonds. The van der Waals surface area contributed by atoms with Gasteiger partial charge in [-0.25, -0.2) is 4.79 Å². The number of hydrogen-bond acceptors (Lipinski definition) is 6. The van der Waals surface area contributed by atoms with Gasteiger partial charge in [-0.2, -0.15) is 0 Å². The Morgan fingerprint density at radius 2 is 2.07 bits per heavy atom. The first-order chi connectivity index (χ1) is 13.3. The lowest BCUT2D eigenvalue weighted by atomic mass is 10.0. The van der Waals surface area contributed by atoms with E-state index in [9.17, 15) is 14.4 Å². The minimum absolute atomic E-state index is 0.0139. The van der Waals surface area contributed by atoms with Crippen LogP contribution < -0.4 is 4.90 Å². The number of aromatic amines is 1. The van der Waals surface area contributed by atoms with Gasteiger partial charge in [-0.1, -0.05) is 0 Å². The van der Waals surface area contributed by atoms with E-state index in [1.807, 2.05) is 22.4 Å². The molecule has 150 valence electrons. The van der Waals surface area contributed by atoms with Crippen LogP contribution in [0, 0.1) is 13.8 Å². The molecule has 0 bridgehead atoms. The summed E-state index contributed by atoms with van der Waals surface area (Å²) in [5.74, 6) is -0.575. The number of nitrogens with zero attached hydrogens (tertiary/aromatic N) is 2. The van der Waals surface area contributed by atoms with Gasteiger partial charge in [-0.3, -0.25) is 14.5 Å². The van der Waals surface area contributed by atoms with E-state index in [-0.39, 0.29) is 24.8 Å². The third-order valence-corrected chi connectivity index (χ3v) is 6.00. The number of anilines is 1. The summed E-state index contributed by atoms with van der Waals surface area (Å²) < 4.78 is 5.09. The number of ether oxygens (including phenoxy) is 1. The predicted octanol–water partition coefficient (Wildman–Crippen LogP) is 2.79. The highest BCUT2D eigenvalue weighted by atomic mass is 32.1. The van der Waals surface area contributed by atoms with Crippen molar-refractivity contribution in [2.75, 3.05) is 31.1 Å². The summed E-state index contributed by atoms with van der Waals surface area (Å²) in [6.45, 7) is 8.67. The van der Waals surface area contributed by atoms with E-state index in [0.717, 1.165) is 5.00 Å². The van der Waals surface area contributed by atoms with E-state index in [1.54, 1.807) is 32.6 Å². The summed E-state index contributed by atoms with van der Waals surface area (Å²) in [6.07, 6.45) is 0. The molecule has 2 aromatic heterocycles. The van der Waals surface area contributed by atoms with E-state index >= 15 is 0 Å². The summed E-state index contributed by atoms with van der Waals surface area (Å²) in [4.78, 5) is 44.5. The van der Waals surface area contributed by atoms with Gasteiger partial charge >= 0.3 is 5.97 Å². The van der Waals surface area contributed by atoms with Gasteiger partial charge in [0.25, 0.3) is 0 Å². The van der Waals surface area contributed by atoms with Crippen LogP contribution in [0.25, 0.3) is 0 Å². The Balaban J connectivity index is 1.74. The normalized spacial score (nSPS) is 16.3. The highest BCUT2D eigenvalue weighted by Gasteiger charge is 2.33. The topological polar surface area (TPSA) is 82.7 Å². The number of H-pyrrole nitrogens is 1. The van der Waals surface area contributed by atoms with E-state index < -0.39 is 12.0 Å². The molecule has 1 atom stereocenters. The molecule has 1 fully saturated rings. The molecule has 0 aromatic carbocycles. The number of esters is 1. The number of thiophene rings is 1. The minimum Gasteiger partial charge on any atom is -0.462 e. The van der Waals surface area contributed by atoms with E-state index in [1.165, 1.54) is 11.3 Å². The van der Waals surface area contributed by atoms with Crippen molar-refractivity contribution in [3.05, 3.63) is 40.0 Å². The Morgan fingerprint density at radius 3 is 2.68 bits per heavy atom. The van der Waals surface area contributed by atoms with Crippen molar-refractivity contribution >= 4 is 34.0 Å². The van der Waals surface area contributed by atoms with Crippen molar-refractivity contribution in [3.8, 4) is 0 Å². The fourth-order valence-corrected chi connectivity index (χ4v) is 4.33. The highest BCUT2D eigenvalue weighted by Crippen LogP contribution is 2.25. The highest BCUT2D eigenvalue weighted by molar-refractivity contribution is 7.14. The predicted molar refractivity (Wildman–Crippen MR) is 108 cm³/mol. The zero-order valence-corrected chi connectivity index (χ0v) is 17.4. The zero-order valence-electron chi connectivity index (χ0n) is 16.6. The SMILES string of the molecule is CCOC(=O)c1c(C)[nH]c(C(=O)C(C)N2CCN(c3cccs3)C(=O)C2)c1C. The molecule has 1 aliphatic rings. The summed E-state index contributed by atoms with van der Waals surface area (Å²) in [7, 11) is 0. The molecular weight excluding hydrogens is 378 g/mol. The number of Topliss-reactive ketones (excluding diaryl/α,β-unsaturated/α-hetero) is 1. The quantitative estimate of drug-likeness (QED) is 0.592. The van der Waals surface area contributed by atoms with Crippen molar-refractivity contribution in [1.82, 2.24) is 9.88 Å². The smallest absolute Gasteiger partial charge is 0.340 e. The van der Waals surface area contributed by atoms with Crippen molar-refractivity contribution in [2.24, 2.45) is 0 Å². The van der Waals surface area contributed by atoms with Gasteiger partial charge in [0, 0.05) is 18.8 Å². The third-order valence-electron chi connectivity index (χ3n) is 5.11. The number of aryl methyl sites for hydroxylation is 1. The fourth-order valence-electron chi connectivity index (χ4n) is 3.56. The van der Waals surface area contributed by atoms with Crippen molar-refractivity contribution < 1.29 is 19.1 Å². The van der Waals surface area contributed by atoms with Crippen LogP contribution in [-0.2, 0) is 9.53 Å². The van der Waals surface area contributed by atoms with Crippen molar-refractivity contribution in [1.29, 1.82) is 0 Å². The second kappa shape index (κ2) is 8.28. The maximum atomic E-state index is 13.1. The lowest BCUT2D eigenvalue weighted by Gasteiger charge is -2.36. The Morgan fingerprint density at radius 1 is 1.32 bits per heavy atom. The average molecular weight is 404 g/mol. The number of hydrogen-bond donors (Lipinski definition) is 1. The monoisotopic (exact) mass is 403 g/mol. The molecule has 8 heteroatoms. The van der Waals surface area contributed by atoms with Crippen LogP contribution in [0.3, 0.4) is 0 Å². The lowest BCUT2D eigenvalue weighted by molar-refractivity contribution is -0.121. The summed E-state index contributed by atoms with van der Waals surface area (Å²) in [5, 5.41) is 2.87. The Labute approximate surface area is 168 Å². The number of piperazine rings is 1. The first-order valence-electron chi connectivity index (χ1n) is 9.33. The number of rotatable bonds is 6. The third kappa shape index (κ3) is 3.74. The summed E-state index contributed by atoms with van der Waals surface area (Å²) in [5.41, 5.74) is 2.03. The number of carbonyl (C=O) groups is 3. The van der Waals surface area contributed by atoms with Gasteiger partial charge in [0.05, 0.1) is 35.5 Å². The zero-order chi connectivity index (χ0) is 20.4. The first kappa shape index (κ1) is 20.3. The average Bonchev–Trinajstić information content (AvgIpc) is 3.28. The molecule has 0 radical (unpaired) electrons. The Hall–Kier alpha value is -2.45. The number of aromatic nitrogens is 1. The van der Waals surface area contributed by atoms with E-state index in [4.69, 9.17) is 4.74 Å². The number of amides is 1. The maximum Gasteiger partial charge on any atom is 0.340 e. The largest absolute Gasteiger partial charge is 0.462 e. The molecule has 1 unspecified atom stereocenters. The number of nitrogens with one attached hydrogen (secondary N) is 1. The molecule has 2 aromatic rings. The van der Waals surface area contributed by atoms with Gasteiger partial charge < -0.3 is 14.6 Å². The molecule has 3 heterocycles. The molecule has 0 aliphatic carbocycles. The Bertz CT molecular complexity index is 888. The van der Waals surface area contributed by atoms with Crippen molar-refractivity contribution in [2.45, 2.75) is 33.7 Å². The van der Waals surface area contributed by atoms with Crippen LogP contribution in [0.2, 0.25) is 0 Å². The minimum atomic E-state index is -0.471. The maximum absolute atomic E-state index is 13.1.